The molecule has 1 heterocycles. The zero-order valence-electron chi connectivity index (χ0n) is 14.7. The van der Waals surface area contributed by atoms with Crippen LogP contribution in [0.25, 0.3) is 0 Å². The van der Waals surface area contributed by atoms with E-state index in [0.717, 1.165) is 31.9 Å². The van der Waals surface area contributed by atoms with Crippen LogP contribution in [0, 0.1) is 0 Å². The van der Waals surface area contributed by atoms with E-state index in [2.05, 4.69) is 17.1 Å². The highest BCUT2D eigenvalue weighted by atomic mass is 35.5. The third-order valence-corrected chi connectivity index (χ3v) is 5.48. The number of amides is 1. The van der Waals surface area contributed by atoms with Crippen LogP contribution in [0.4, 0.5) is 5.69 Å². The lowest BCUT2D eigenvalue weighted by Gasteiger charge is -2.50. The number of nitrogens with one attached hydrogen (secondary N) is 1. The summed E-state index contributed by atoms with van der Waals surface area (Å²) in [5.41, 5.74) is 1.22. The number of nitrogens with zero attached hydrogens (tertiary/aromatic N) is 2. The minimum Gasteiger partial charge on any atom is -0.314 e. The molecule has 1 aromatic carbocycles. The highest BCUT2D eigenvalue weighted by molar-refractivity contribution is 5.94. The summed E-state index contributed by atoms with van der Waals surface area (Å²) in [5, 5.41) is 3.56. The Morgan fingerprint density at radius 1 is 1.21 bits per heavy atom. The number of piperazine rings is 1. The first-order chi connectivity index (χ1) is 11.2. The molecule has 0 bridgehead atoms. The van der Waals surface area contributed by atoms with Crippen molar-refractivity contribution in [2.45, 2.75) is 44.6 Å². The van der Waals surface area contributed by atoms with E-state index in [1.807, 2.05) is 35.2 Å². The number of benzene rings is 1. The van der Waals surface area contributed by atoms with Crippen molar-refractivity contribution in [2.24, 2.45) is 0 Å². The van der Waals surface area contributed by atoms with E-state index in [-0.39, 0.29) is 23.9 Å². The maximum Gasteiger partial charge on any atom is 0.241 e. The summed E-state index contributed by atoms with van der Waals surface area (Å²) in [6.07, 6.45) is 6.38. The largest absolute Gasteiger partial charge is 0.314 e. The van der Waals surface area contributed by atoms with Crippen molar-refractivity contribution in [3.8, 4) is 0 Å². The Morgan fingerprint density at radius 3 is 2.58 bits per heavy atom. The molecule has 1 aliphatic carbocycles. The molecule has 1 aromatic rings. The van der Waals surface area contributed by atoms with Crippen LogP contribution in [-0.4, -0.2) is 49.1 Å². The van der Waals surface area contributed by atoms with Gasteiger partial charge in [0, 0.05) is 37.4 Å². The van der Waals surface area contributed by atoms with Gasteiger partial charge in [-0.1, -0.05) is 37.5 Å². The van der Waals surface area contributed by atoms with E-state index in [1.54, 1.807) is 0 Å². The minimum atomic E-state index is 0. The molecule has 1 saturated carbocycles. The van der Waals surface area contributed by atoms with Gasteiger partial charge < -0.3 is 10.2 Å². The first-order valence-electron chi connectivity index (χ1n) is 9.06. The molecule has 3 rings (SSSR count). The standard InChI is InChI=1S/C19H29N3O.ClH/c1-2-22(17-9-5-3-6-10-17)18(23)15-21-14-13-20-16-19(21)11-7-4-8-12-19;/h3,5-6,9-10,20H,2,4,7-8,11-16H2,1H3;1H. The van der Waals surface area contributed by atoms with Gasteiger partial charge >= 0.3 is 0 Å². The molecule has 5 heteroatoms. The molecule has 2 fully saturated rings. The number of carbonyl (C=O) groups is 1. The molecule has 2 aliphatic rings. The molecule has 1 amide bonds. The van der Waals surface area contributed by atoms with E-state index in [0.29, 0.717) is 6.54 Å². The molecule has 1 N–H and O–H groups in total. The summed E-state index contributed by atoms with van der Waals surface area (Å²) in [6.45, 7) is 6.34. The van der Waals surface area contributed by atoms with Crippen molar-refractivity contribution < 1.29 is 4.79 Å². The molecule has 134 valence electrons. The zero-order chi connectivity index (χ0) is 16.1. The number of anilines is 1. The van der Waals surface area contributed by atoms with Gasteiger partial charge in [-0.2, -0.15) is 0 Å². The fourth-order valence-electron chi connectivity index (χ4n) is 4.19. The number of hydrogen-bond acceptors (Lipinski definition) is 3. The monoisotopic (exact) mass is 351 g/mol. The van der Waals surface area contributed by atoms with E-state index in [9.17, 15) is 4.79 Å². The van der Waals surface area contributed by atoms with Crippen LogP contribution in [-0.2, 0) is 4.79 Å². The average Bonchev–Trinajstić information content (AvgIpc) is 2.60. The van der Waals surface area contributed by atoms with Gasteiger partial charge in [0.1, 0.15) is 0 Å². The fourth-order valence-corrected chi connectivity index (χ4v) is 4.19. The summed E-state index contributed by atoms with van der Waals surface area (Å²) in [4.78, 5) is 17.3. The molecule has 1 spiro atoms. The Hall–Kier alpha value is -1.10. The van der Waals surface area contributed by atoms with Crippen molar-refractivity contribution in [2.75, 3.05) is 37.6 Å². The van der Waals surface area contributed by atoms with Crippen molar-refractivity contribution in [3.63, 3.8) is 0 Å². The number of hydrogen-bond donors (Lipinski definition) is 1. The summed E-state index contributed by atoms with van der Waals surface area (Å²) >= 11 is 0. The summed E-state index contributed by atoms with van der Waals surface area (Å²) < 4.78 is 0. The quantitative estimate of drug-likeness (QED) is 0.905. The number of carbonyl (C=O) groups excluding carboxylic acids is 1. The lowest BCUT2D eigenvalue weighted by atomic mass is 9.79. The normalized spacial score (nSPS) is 20.4. The summed E-state index contributed by atoms with van der Waals surface area (Å²) in [5.74, 6) is 0.227. The second-order valence-corrected chi connectivity index (χ2v) is 6.86. The Balaban J connectivity index is 0.00000208. The molecule has 1 aliphatic heterocycles. The number of rotatable bonds is 4. The van der Waals surface area contributed by atoms with Gasteiger partial charge in [-0.05, 0) is 31.9 Å². The Kier molecular flexibility index (Phi) is 7.08. The topological polar surface area (TPSA) is 35.6 Å². The number of likely N-dealkylation sites (N-methyl/N-ethyl adjacent to an activating group) is 1. The van der Waals surface area contributed by atoms with Gasteiger partial charge in [-0.25, -0.2) is 0 Å². The molecule has 1 saturated heterocycles. The highest BCUT2D eigenvalue weighted by Crippen LogP contribution is 2.34. The molecule has 0 atom stereocenters. The first-order valence-corrected chi connectivity index (χ1v) is 9.06. The number of para-hydroxylation sites is 1. The zero-order valence-corrected chi connectivity index (χ0v) is 15.5. The van der Waals surface area contributed by atoms with Crippen molar-refractivity contribution in [1.29, 1.82) is 0 Å². The van der Waals surface area contributed by atoms with Crippen molar-refractivity contribution in [3.05, 3.63) is 30.3 Å². The van der Waals surface area contributed by atoms with Crippen LogP contribution >= 0.6 is 12.4 Å². The van der Waals surface area contributed by atoms with Gasteiger partial charge in [0.15, 0.2) is 0 Å². The molecule has 0 radical (unpaired) electrons. The third-order valence-electron chi connectivity index (χ3n) is 5.48. The molecule has 24 heavy (non-hydrogen) atoms. The van der Waals surface area contributed by atoms with Crippen LogP contribution in [0.3, 0.4) is 0 Å². The van der Waals surface area contributed by atoms with Crippen molar-refractivity contribution >= 4 is 24.0 Å². The van der Waals surface area contributed by atoms with Gasteiger partial charge in [0.25, 0.3) is 0 Å². The fraction of sp³-hybridized carbons (Fsp3) is 0.632. The summed E-state index contributed by atoms with van der Waals surface area (Å²) in [7, 11) is 0. The summed E-state index contributed by atoms with van der Waals surface area (Å²) in [6, 6.07) is 10.0. The van der Waals surface area contributed by atoms with Crippen molar-refractivity contribution in [1.82, 2.24) is 10.2 Å². The lowest BCUT2D eigenvalue weighted by molar-refractivity contribution is -0.122. The van der Waals surface area contributed by atoms with E-state index >= 15 is 0 Å². The molecule has 4 nitrogen and oxygen atoms in total. The first kappa shape index (κ1) is 19.2. The second-order valence-electron chi connectivity index (χ2n) is 6.86. The SMILES string of the molecule is CCN(C(=O)CN1CCNCC12CCCCC2)c1ccccc1.Cl. The Morgan fingerprint density at radius 2 is 1.92 bits per heavy atom. The van der Waals surface area contributed by atoms with Gasteiger partial charge in [0.2, 0.25) is 5.91 Å². The van der Waals surface area contributed by atoms with Gasteiger partial charge in [-0.15, -0.1) is 12.4 Å². The maximum atomic E-state index is 12.9. The van der Waals surface area contributed by atoms with E-state index in [1.165, 1.54) is 32.1 Å². The second kappa shape index (κ2) is 8.84. The third kappa shape index (κ3) is 4.11. The molecule has 0 unspecified atom stereocenters. The smallest absolute Gasteiger partial charge is 0.241 e. The molecule has 0 aromatic heterocycles. The lowest BCUT2D eigenvalue weighted by Crippen LogP contribution is -2.63. The highest BCUT2D eigenvalue weighted by Gasteiger charge is 2.40. The van der Waals surface area contributed by atoms with Gasteiger partial charge in [-0.3, -0.25) is 9.69 Å². The maximum absolute atomic E-state index is 12.9. The van der Waals surface area contributed by atoms with Crippen LogP contribution in [0.15, 0.2) is 30.3 Å². The van der Waals surface area contributed by atoms with Gasteiger partial charge in [0.05, 0.1) is 6.54 Å². The van der Waals surface area contributed by atoms with Crippen LogP contribution in [0.5, 0.6) is 0 Å². The van der Waals surface area contributed by atoms with Crippen LogP contribution in [0.1, 0.15) is 39.0 Å². The number of halogens is 1. The molecular formula is C19H30ClN3O. The minimum absolute atomic E-state index is 0. The Bertz CT molecular complexity index is 508. The van der Waals surface area contributed by atoms with E-state index in [4.69, 9.17) is 0 Å². The van der Waals surface area contributed by atoms with E-state index < -0.39 is 0 Å². The van der Waals surface area contributed by atoms with Crippen LogP contribution < -0.4 is 10.2 Å². The average molecular weight is 352 g/mol. The molecular weight excluding hydrogens is 322 g/mol. The Labute approximate surface area is 152 Å². The predicted molar refractivity (Wildman–Crippen MR) is 102 cm³/mol. The van der Waals surface area contributed by atoms with Crippen LogP contribution in [0.2, 0.25) is 0 Å². The predicted octanol–water partition coefficient (Wildman–Crippen LogP) is 3.07.